The molecule has 1 aromatic carbocycles. The summed E-state index contributed by atoms with van der Waals surface area (Å²) in [6, 6.07) is 9.97. The molecule has 0 aliphatic carbocycles. The minimum Gasteiger partial charge on any atom is -0.342 e. The molecule has 116 valence electrons. The van der Waals surface area contributed by atoms with Gasteiger partial charge in [0.1, 0.15) is 0 Å². The second kappa shape index (κ2) is 6.96. The molecule has 1 fully saturated rings. The largest absolute Gasteiger partial charge is 0.342 e. The first-order valence-corrected chi connectivity index (χ1v) is 8.59. The number of hydrogen-bond acceptors (Lipinski definition) is 4. The summed E-state index contributed by atoms with van der Waals surface area (Å²) in [5.74, 6) is 1.46. The Hall–Kier alpha value is -1.82. The number of piperidine rings is 1. The van der Waals surface area contributed by atoms with Crippen molar-refractivity contribution in [3.8, 4) is 11.4 Å². The van der Waals surface area contributed by atoms with Crippen molar-refractivity contribution in [1.29, 1.82) is 0 Å². The molecule has 1 amide bonds. The number of nitrogens with zero attached hydrogens (tertiary/aromatic N) is 4. The Morgan fingerprint density at radius 1 is 1.14 bits per heavy atom. The number of carbonyl (C=O) groups is 1. The summed E-state index contributed by atoms with van der Waals surface area (Å²) < 4.78 is 1.95. The second-order valence-electron chi connectivity index (χ2n) is 5.46. The zero-order chi connectivity index (χ0) is 15.4. The van der Waals surface area contributed by atoms with E-state index in [0.29, 0.717) is 5.75 Å². The van der Waals surface area contributed by atoms with Gasteiger partial charge in [0.2, 0.25) is 5.91 Å². The lowest BCUT2D eigenvalue weighted by atomic mass is 10.1. The Morgan fingerprint density at radius 2 is 1.86 bits per heavy atom. The van der Waals surface area contributed by atoms with Gasteiger partial charge >= 0.3 is 0 Å². The van der Waals surface area contributed by atoms with Gasteiger partial charge in [-0.25, -0.2) is 0 Å². The van der Waals surface area contributed by atoms with Gasteiger partial charge in [0.25, 0.3) is 0 Å². The molecule has 6 heteroatoms. The smallest absolute Gasteiger partial charge is 0.233 e. The van der Waals surface area contributed by atoms with Crippen molar-refractivity contribution in [3.63, 3.8) is 0 Å². The van der Waals surface area contributed by atoms with Gasteiger partial charge in [-0.1, -0.05) is 42.1 Å². The minimum atomic E-state index is 0.203. The fraction of sp³-hybridized carbons (Fsp3) is 0.438. The maximum Gasteiger partial charge on any atom is 0.233 e. The summed E-state index contributed by atoms with van der Waals surface area (Å²) in [6.07, 6.45) is 3.48. The molecule has 0 unspecified atom stereocenters. The number of benzene rings is 1. The lowest BCUT2D eigenvalue weighted by molar-refractivity contribution is -0.129. The molecule has 1 aromatic heterocycles. The number of rotatable bonds is 4. The Labute approximate surface area is 134 Å². The van der Waals surface area contributed by atoms with Gasteiger partial charge in [0.05, 0.1) is 5.75 Å². The summed E-state index contributed by atoms with van der Waals surface area (Å²) in [6.45, 7) is 1.79. The van der Waals surface area contributed by atoms with E-state index in [1.54, 1.807) is 0 Å². The number of thioether (sulfide) groups is 1. The van der Waals surface area contributed by atoms with E-state index in [9.17, 15) is 4.79 Å². The van der Waals surface area contributed by atoms with Crippen LogP contribution in [0.3, 0.4) is 0 Å². The van der Waals surface area contributed by atoms with E-state index in [4.69, 9.17) is 0 Å². The zero-order valence-corrected chi connectivity index (χ0v) is 13.6. The predicted molar refractivity (Wildman–Crippen MR) is 87.6 cm³/mol. The molecule has 1 aliphatic heterocycles. The average molecular weight is 316 g/mol. The van der Waals surface area contributed by atoms with Gasteiger partial charge < -0.3 is 9.47 Å². The van der Waals surface area contributed by atoms with Crippen molar-refractivity contribution in [2.75, 3.05) is 18.8 Å². The highest BCUT2D eigenvalue weighted by Gasteiger charge is 2.18. The van der Waals surface area contributed by atoms with E-state index < -0.39 is 0 Å². The average Bonchev–Trinajstić information content (AvgIpc) is 2.95. The van der Waals surface area contributed by atoms with Crippen LogP contribution in [0.15, 0.2) is 35.5 Å². The highest BCUT2D eigenvalue weighted by Crippen LogP contribution is 2.23. The van der Waals surface area contributed by atoms with Gasteiger partial charge in [0, 0.05) is 25.7 Å². The third-order valence-corrected chi connectivity index (χ3v) is 4.91. The molecular formula is C16H20N4OS. The SMILES string of the molecule is Cn1c(SCC(=O)N2CCCCC2)nnc1-c1ccccc1. The third kappa shape index (κ3) is 3.32. The first-order valence-electron chi connectivity index (χ1n) is 7.61. The molecule has 0 radical (unpaired) electrons. The van der Waals surface area contributed by atoms with Crippen molar-refractivity contribution in [3.05, 3.63) is 30.3 Å². The third-order valence-electron chi connectivity index (χ3n) is 3.90. The second-order valence-corrected chi connectivity index (χ2v) is 6.40. The molecule has 0 saturated carbocycles. The molecule has 0 N–H and O–H groups in total. The van der Waals surface area contributed by atoms with Gasteiger partial charge in [0.15, 0.2) is 11.0 Å². The molecule has 2 heterocycles. The summed E-state index contributed by atoms with van der Waals surface area (Å²) in [4.78, 5) is 14.2. The Morgan fingerprint density at radius 3 is 2.59 bits per heavy atom. The minimum absolute atomic E-state index is 0.203. The first-order chi connectivity index (χ1) is 10.8. The molecule has 0 spiro atoms. The molecule has 2 aromatic rings. The van der Waals surface area contributed by atoms with Crippen LogP contribution in [0.4, 0.5) is 0 Å². The standard InChI is InChI=1S/C16H20N4OS/c1-19-15(13-8-4-2-5-9-13)17-18-16(19)22-12-14(21)20-10-6-3-7-11-20/h2,4-5,8-9H,3,6-7,10-12H2,1H3. The summed E-state index contributed by atoms with van der Waals surface area (Å²) in [5, 5.41) is 9.24. The monoisotopic (exact) mass is 316 g/mol. The van der Waals surface area contributed by atoms with Crippen LogP contribution < -0.4 is 0 Å². The first kappa shape index (κ1) is 15.1. The van der Waals surface area contributed by atoms with Gasteiger partial charge in [-0.2, -0.15) is 0 Å². The number of hydrogen-bond donors (Lipinski definition) is 0. The van der Waals surface area contributed by atoms with Crippen LogP contribution in [0.25, 0.3) is 11.4 Å². The van der Waals surface area contributed by atoms with Gasteiger partial charge in [-0.05, 0) is 19.3 Å². The van der Waals surface area contributed by atoms with E-state index >= 15 is 0 Å². The molecule has 22 heavy (non-hydrogen) atoms. The molecular weight excluding hydrogens is 296 g/mol. The predicted octanol–water partition coefficient (Wildman–Crippen LogP) is 2.59. The van der Waals surface area contributed by atoms with Crippen molar-refractivity contribution in [1.82, 2.24) is 19.7 Å². The van der Waals surface area contributed by atoms with Crippen LogP contribution in [-0.2, 0) is 11.8 Å². The quantitative estimate of drug-likeness (QED) is 0.814. The van der Waals surface area contributed by atoms with E-state index in [1.165, 1.54) is 18.2 Å². The van der Waals surface area contributed by atoms with Crippen LogP contribution in [0, 0.1) is 0 Å². The molecule has 0 atom stereocenters. The van der Waals surface area contributed by atoms with Crippen LogP contribution in [-0.4, -0.2) is 44.4 Å². The van der Waals surface area contributed by atoms with Crippen LogP contribution in [0.2, 0.25) is 0 Å². The fourth-order valence-electron chi connectivity index (χ4n) is 2.64. The molecule has 3 rings (SSSR count). The Balaban J connectivity index is 1.64. The number of aromatic nitrogens is 3. The lowest BCUT2D eigenvalue weighted by Crippen LogP contribution is -2.36. The normalized spacial score (nSPS) is 15.0. The van der Waals surface area contributed by atoms with Crippen LogP contribution in [0.5, 0.6) is 0 Å². The zero-order valence-electron chi connectivity index (χ0n) is 12.7. The Bertz CT molecular complexity index is 635. The number of carbonyl (C=O) groups excluding carboxylic acids is 1. The van der Waals surface area contributed by atoms with Crippen LogP contribution >= 0.6 is 11.8 Å². The molecule has 0 bridgehead atoms. The van der Waals surface area contributed by atoms with Gasteiger partial charge in [-0.3, -0.25) is 4.79 Å². The van der Waals surface area contributed by atoms with Crippen molar-refractivity contribution < 1.29 is 4.79 Å². The highest BCUT2D eigenvalue weighted by molar-refractivity contribution is 7.99. The van der Waals surface area contributed by atoms with E-state index in [2.05, 4.69) is 10.2 Å². The molecule has 5 nitrogen and oxygen atoms in total. The van der Waals surface area contributed by atoms with Gasteiger partial charge in [-0.15, -0.1) is 10.2 Å². The Kier molecular flexibility index (Phi) is 4.77. The maximum absolute atomic E-state index is 12.2. The van der Waals surface area contributed by atoms with Crippen molar-refractivity contribution >= 4 is 17.7 Å². The summed E-state index contributed by atoms with van der Waals surface area (Å²) in [7, 11) is 1.94. The fourth-order valence-corrected chi connectivity index (χ4v) is 3.45. The van der Waals surface area contributed by atoms with Crippen molar-refractivity contribution in [2.45, 2.75) is 24.4 Å². The van der Waals surface area contributed by atoms with E-state index in [-0.39, 0.29) is 5.91 Å². The van der Waals surface area contributed by atoms with Crippen LogP contribution in [0.1, 0.15) is 19.3 Å². The van der Waals surface area contributed by atoms with E-state index in [0.717, 1.165) is 42.5 Å². The number of amides is 1. The highest BCUT2D eigenvalue weighted by atomic mass is 32.2. The molecule has 1 saturated heterocycles. The van der Waals surface area contributed by atoms with Crippen molar-refractivity contribution in [2.24, 2.45) is 7.05 Å². The number of likely N-dealkylation sites (tertiary alicyclic amines) is 1. The summed E-state index contributed by atoms with van der Waals surface area (Å²) >= 11 is 1.46. The summed E-state index contributed by atoms with van der Waals surface area (Å²) in [5.41, 5.74) is 1.03. The lowest BCUT2D eigenvalue weighted by Gasteiger charge is -2.26. The topological polar surface area (TPSA) is 51.0 Å². The maximum atomic E-state index is 12.2. The van der Waals surface area contributed by atoms with E-state index in [1.807, 2.05) is 46.8 Å². The molecule has 1 aliphatic rings.